The van der Waals surface area contributed by atoms with E-state index < -0.39 is 0 Å². The predicted octanol–water partition coefficient (Wildman–Crippen LogP) is 0.301. The first-order valence-corrected chi connectivity index (χ1v) is 7.01. The minimum Gasteiger partial charge on any atom is -0.394 e. The highest BCUT2D eigenvalue weighted by Gasteiger charge is 2.27. The predicted molar refractivity (Wildman–Crippen MR) is 77.5 cm³/mol. The van der Waals surface area contributed by atoms with E-state index in [9.17, 15) is 5.11 Å². The molecule has 1 aromatic heterocycles. The number of hydrogen-bond donors (Lipinski definition) is 3. The second-order valence-electron chi connectivity index (χ2n) is 5.08. The third-order valence-corrected chi connectivity index (χ3v) is 3.39. The highest BCUT2D eigenvalue weighted by Crippen LogP contribution is 2.27. The van der Waals surface area contributed by atoms with E-state index in [1.165, 1.54) is 6.33 Å². The lowest BCUT2D eigenvalue weighted by Gasteiger charge is -2.37. The number of aliphatic hydroxyl groups excluding tert-OH is 1. The molecule has 0 aliphatic carbocycles. The summed E-state index contributed by atoms with van der Waals surface area (Å²) in [5, 5.41) is 9.33. The molecule has 7 nitrogen and oxygen atoms in total. The van der Waals surface area contributed by atoms with Gasteiger partial charge < -0.3 is 20.2 Å². The average molecular weight is 281 g/mol. The summed E-state index contributed by atoms with van der Waals surface area (Å²) in [6.45, 7) is 5.48. The molecular weight excluding hydrogens is 258 g/mol. The minimum absolute atomic E-state index is 0.0109. The van der Waals surface area contributed by atoms with Crippen LogP contribution < -0.4 is 16.2 Å². The second kappa shape index (κ2) is 6.83. The Morgan fingerprint density at radius 2 is 2.30 bits per heavy atom. The Bertz CT molecular complexity index is 443. The molecule has 1 fully saturated rings. The second-order valence-corrected chi connectivity index (χ2v) is 5.08. The highest BCUT2D eigenvalue weighted by molar-refractivity contribution is 5.58. The van der Waals surface area contributed by atoms with Gasteiger partial charge in [-0.15, -0.1) is 0 Å². The Hall–Kier alpha value is -1.44. The van der Waals surface area contributed by atoms with Crippen LogP contribution in [0.4, 0.5) is 11.6 Å². The lowest BCUT2D eigenvalue weighted by molar-refractivity contribution is -0.0423. The molecule has 2 atom stereocenters. The molecule has 1 aliphatic rings. The lowest BCUT2D eigenvalue weighted by Crippen LogP contribution is -2.48. The van der Waals surface area contributed by atoms with Crippen molar-refractivity contribution in [1.82, 2.24) is 9.97 Å². The van der Waals surface area contributed by atoms with Gasteiger partial charge in [-0.3, -0.25) is 0 Å². The molecule has 1 saturated heterocycles. The van der Waals surface area contributed by atoms with Gasteiger partial charge in [0.1, 0.15) is 18.0 Å². The number of aromatic nitrogens is 2. The number of hydrazine groups is 1. The average Bonchev–Trinajstić information content (AvgIpc) is 2.47. The summed E-state index contributed by atoms with van der Waals surface area (Å²) in [4.78, 5) is 10.7. The van der Waals surface area contributed by atoms with Crippen molar-refractivity contribution in [3.8, 4) is 0 Å². The Morgan fingerprint density at radius 1 is 1.50 bits per heavy atom. The normalized spacial score (nSPS) is 22.9. The van der Waals surface area contributed by atoms with Gasteiger partial charge in [-0.1, -0.05) is 13.3 Å². The Kier molecular flexibility index (Phi) is 5.11. The van der Waals surface area contributed by atoms with E-state index >= 15 is 0 Å². The van der Waals surface area contributed by atoms with E-state index in [0.717, 1.165) is 30.8 Å². The van der Waals surface area contributed by atoms with Crippen LogP contribution in [0.3, 0.4) is 0 Å². The van der Waals surface area contributed by atoms with Gasteiger partial charge in [0.2, 0.25) is 0 Å². The maximum atomic E-state index is 9.33. The number of nitrogens with two attached hydrogens (primary N) is 1. The van der Waals surface area contributed by atoms with Crippen LogP contribution in [-0.4, -0.2) is 47.0 Å². The largest absolute Gasteiger partial charge is 0.394 e. The van der Waals surface area contributed by atoms with Crippen molar-refractivity contribution in [2.75, 3.05) is 30.0 Å². The molecule has 1 aliphatic heterocycles. The summed E-state index contributed by atoms with van der Waals surface area (Å²) >= 11 is 0. The number of nitrogens with zero attached hydrogens (tertiary/aromatic N) is 3. The first-order valence-electron chi connectivity index (χ1n) is 7.01. The van der Waals surface area contributed by atoms with Gasteiger partial charge in [0.15, 0.2) is 0 Å². The van der Waals surface area contributed by atoms with Crippen LogP contribution in [0.1, 0.15) is 25.8 Å². The van der Waals surface area contributed by atoms with Gasteiger partial charge >= 0.3 is 0 Å². The van der Waals surface area contributed by atoms with Crippen molar-refractivity contribution in [3.63, 3.8) is 0 Å². The molecule has 0 saturated carbocycles. The lowest BCUT2D eigenvalue weighted by atomic mass is 10.1. The third kappa shape index (κ3) is 3.17. The van der Waals surface area contributed by atoms with Crippen molar-refractivity contribution in [2.45, 2.75) is 38.9 Å². The van der Waals surface area contributed by atoms with Crippen molar-refractivity contribution in [1.29, 1.82) is 0 Å². The highest BCUT2D eigenvalue weighted by atomic mass is 16.5. The smallest absolute Gasteiger partial charge is 0.148 e. The molecule has 0 bridgehead atoms. The van der Waals surface area contributed by atoms with Crippen LogP contribution in [0.15, 0.2) is 6.33 Å². The van der Waals surface area contributed by atoms with Gasteiger partial charge in [-0.05, 0) is 13.3 Å². The molecule has 1 aromatic rings. The molecule has 2 rings (SSSR count). The third-order valence-electron chi connectivity index (χ3n) is 3.39. The van der Waals surface area contributed by atoms with E-state index in [0.29, 0.717) is 12.4 Å². The van der Waals surface area contributed by atoms with E-state index in [4.69, 9.17) is 10.6 Å². The van der Waals surface area contributed by atoms with Gasteiger partial charge in [0, 0.05) is 18.7 Å². The standard InChI is InChI=1S/C13H23N5O2/c1-3-4-11-12(17-14)15-8-16-13(11)18-5-9(2)20-10(6-18)7-19/h8-10,19H,3-7,14H2,1-2H3,(H,15,16,17). The van der Waals surface area contributed by atoms with Crippen LogP contribution in [0, 0.1) is 0 Å². The van der Waals surface area contributed by atoms with Crippen molar-refractivity contribution in [3.05, 3.63) is 11.9 Å². The maximum Gasteiger partial charge on any atom is 0.148 e. The molecule has 2 heterocycles. The van der Waals surface area contributed by atoms with E-state index in [1.54, 1.807) is 0 Å². The van der Waals surface area contributed by atoms with Crippen molar-refractivity contribution < 1.29 is 9.84 Å². The first kappa shape index (κ1) is 15.0. The van der Waals surface area contributed by atoms with Gasteiger partial charge in [0.25, 0.3) is 0 Å². The fourth-order valence-corrected chi connectivity index (χ4v) is 2.60. The first-order chi connectivity index (χ1) is 9.69. The molecule has 4 N–H and O–H groups in total. The molecule has 0 radical (unpaired) electrons. The number of morpholine rings is 1. The van der Waals surface area contributed by atoms with Crippen molar-refractivity contribution in [2.24, 2.45) is 5.84 Å². The summed E-state index contributed by atoms with van der Waals surface area (Å²) < 4.78 is 5.67. The number of anilines is 2. The number of ether oxygens (including phenoxy) is 1. The van der Waals surface area contributed by atoms with Gasteiger partial charge in [0.05, 0.1) is 18.8 Å². The number of hydrogen-bond acceptors (Lipinski definition) is 7. The topological polar surface area (TPSA) is 96.5 Å². The fraction of sp³-hybridized carbons (Fsp3) is 0.692. The monoisotopic (exact) mass is 281 g/mol. The Morgan fingerprint density at radius 3 is 2.95 bits per heavy atom. The van der Waals surface area contributed by atoms with Crippen LogP contribution >= 0.6 is 0 Å². The van der Waals surface area contributed by atoms with Gasteiger partial charge in [-0.25, -0.2) is 15.8 Å². The summed E-state index contributed by atoms with van der Waals surface area (Å²) in [5.41, 5.74) is 3.65. The molecule has 0 spiro atoms. The SMILES string of the molecule is CCCc1c(NN)ncnc1N1CC(C)OC(CO)C1. The molecule has 20 heavy (non-hydrogen) atoms. The molecule has 7 heteroatoms. The summed E-state index contributed by atoms with van der Waals surface area (Å²) in [5.74, 6) is 7.08. The summed E-state index contributed by atoms with van der Waals surface area (Å²) in [6.07, 6.45) is 3.22. The molecule has 2 unspecified atom stereocenters. The van der Waals surface area contributed by atoms with E-state index in [-0.39, 0.29) is 18.8 Å². The molecule has 112 valence electrons. The zero-order valence-corrected chi connectivity index (χ0v) is 12.0. The van der Waals surface area contributed by atoms with Gasteiger partial charge in [-0.2, -0.15) is 0 Å². The number of nitrogen functional groups attached to an aromatic ring is 1. The molecule has 0 aromatic carbocycles. The van der Waals surface area contributed by atoms with Crippen molar-refractivity contribution >= 4 is 11.6 Å². The zero-order chi connectivity index (χ0) is 14.5. The summed E-state index contributed by atoms with van der Waals surface area (Å²) in [7, 11) is 0. The minimum atomic E-state index is -0.183. The Balaban J connectivity index is 2.30. The van der Waals surface area contributed by atoms with Crippen LogP contribution in [0.25, 0.3) is 0 Å². The molecule has 0 amide bonds. The Labute approximate surface area is 119 Å². The number of rotatable bonds is 5. The molecular formula is C13H23N5O2. The number of nitrogens with one attached hydrogen (secondary N) is 1. The number of aliphatic hydroxyl groups is 1. The quantitative estimate of drug-likeness (QED) is 0.527. The fourth-order valence-electron chi connectivity index (χ4n) is 2.60. The van der Waals surface area contributed by atoms with E-state index in [1.807, 2.05) is 6.92 Å². The van der Waals surface area contributed by atoms with Crippen LogP contribution in [0.2, 0.25) is 0 Å². The van der Waals surface area contributed by atoms with Crippen LogP contribution in [0.5, 0.6) is 0 Å². The zero-order valence-electron chi connectivity index (χ0n) is 12.0. The van der Waals surface area contributed by atoms with Crippen LogP contribution in [-0.2, 0) is 11.2 Å². The maximum absolute atomic E-state index is 9.33. The summed E-state index contributed by atoms with van der Waals surface area (Å²) in [6, 6.07) is 0. The van der Waals surface area contributed by atoms with E-state index in [2.05, 4.69) is 27.2 Å².